The third-order valence-electron chi connectivity index (χ3n) is 1.99. The maximum atomic E-state index is 5.70. The molecule has 0 fully saturated rings. The van der Waals surface area contributed by atoms with Gasteiger partial charge in [-0.2, -0.15) is 0 Å². The lowest BCUT2D eigenvalue weighted by Gasteiger charge is -2.06. The maximum absolute atomic E-state index is 5.70. The van der Waals surface area contributed by atoms with Crippen LogP contribution in [0.3, 0.4) is 0 Å². The predicted octanol–water partition coefficient (Wildman–Crippen LogP) is 3.44. The van der Waals surface area contributed by atoms with Crippen molar-refractivity contribution < 1.29 is 4.74 Å². The van der Waals surface area contributed by atoms with E-state index in [4.69, 9.17) is 10.5 Å². The fourth-order valence-corrected chi connectivity index (χ4v) is 1.63. The van der Waals surface area contributed by atoms with Gasteiger partial charge in [-0.3, -0.25) is 0 Å². The minimum Gasteiger partial charge on any atom is -0.494 e. The zero-order chi connectivity index (χ0) is 10.4. The molecule has 0 spiro atoms. The highest BCUT2D eigenvalue weighted by molar-refractivity contribution is 14.1. The zero-order valence-corrected chi connectivity index (χ0v) is 10.6. The van der Waals surface area contributed by atoms with Gasteiger partial charge in [0.25, 0.3) is 0 Å². The van der Waals surface area contributed by atoms with Crippen molar-refractivity contribution in [3.63, 3.8) is 0 Å². The van der Waals surface area contributed by atoms with Crippen LogP contribution < -0.4 is 10.5 Å². The van der Waals surface area contributed by atoms with Gasteiger partial charge in [-0.1, -0.05) is 19.8 Å². The summed E-state index contributed by atoms with van der Waals surface area (Å²) in [6.07, 6.45) is 3.58. The largest absolute Gasteiger partial charge is 0.494 e. The molecule has 0 aliphatic rings. The third-order valence-corrected chi connectivity index (χ3v) is 2.92. The highest BCUT2D eigenvalue weighted by Crippen LogP contribution is 2.21. The molecule has 2 nitrogen and oxygen atoms in total. The molecular formula is C11H16INO. The molecule has 0 amide bonds. The van der Waals surface area contributed by atoms with Gasteiger partial charge in [-0.05, 0) is 47.2 Å². The van der Waals surface area contributed by atoms with Crippen LogP contribution in [-0.4, -0.2) is 6.61 Å². The van der Waals surface area contributed by atoms with E-state index in [-0.39, 0.29) is 0 Å². The van der Waals surface area contributed by atoms with Gasteiger partial charge in [0.2, 0.25) is 0 Å². The molecule has 14 heavy (non-hydrogen) atoms. The first-order chi connectivity index (χ1) is 6.74. The van der Waals surface area contributed by atoms with E-state index < -0.39 is 0 Å². The van der Waals surface area contributed by atoms with E-state index in [1.807, 2.05) is 18.2 Å². The van der Waals surface area contributed by atoms with Crippen molar-refractivity contribution in [1.29, 1.82) is 0 Å². The van der Waals surface area contributed by atoms with Gasteiger partial charge < -0.3 is 10.5 Å². The number of hydrogen-bond donors (Lipinski definition) is 1. The number of nitrogens with two attached hydrogens (primary N) is 1. The number of anilines is 1. The number of halogens is 1. The third kappa shape index (κ3) is 3.74. The Morgan fingerprint density at radius 1 is 1.36 bits per heavy atom. The molecule has 0 unspecified atom stereocenters. The van der Waals surface area contributed by atoms with Crippen molar-refractivity contribution in [2.75, 3.05) is 12.3 Å². The molecule has 1 rings (SSSR count). The van der Waals surface area contributed by atoms with Crippen molar-refractivity contribution in [2.24, 2.45) is 0 Å². The lowest BCUT2D eigenvalue weighted by Crippen LogP contribution is -1.98. The van der Waals surface area contributed by atoms with Gasteiger partial charge in [-0.15, -0.1) is 0 Å². The highest BCUT2D eigenvalue weighted by atomic mass is 127. The molecule has 1 aromatic rings. The minimum atomic E-state index is 0.799. The molecule has 0 aliphatic heterocycles. The van der Waals surface area contributed by atoms with Crippen molar-refractivity contribution in [2.45, 2.75) is 26.2 Å². The molecule has 0 heterocycles. The average Bonchev–Trinajstić information content (AvgIpc) is 2.18. The molecule has 0 aliphatic carbocycles. The van der Waals surface area contributed by atoms with Crippen molar-refractivity contribution in [3.8, 4) is 5.75 Å². The number of benzene rings is 1. The lowest BCUT2D eigenvalue weighted by molar-refractivity contribution is 0.306. The quantitative estimate of drug-likeness (QED) is 0.514. The van der Waals surface area contributed by atoms with Crippen LogP contribution in [0.5, 0.6) is 5.75 Å². The van der Waals surface area contributed by atoms with E-state index in [9.17, 15) is 0 Å². The van der Waals surface area contributed by atoms with Crippen molar-refractivity contribution >= 4 is 28.3 Å². The normalized spacial score (nSPS) is 10.1. The van der Waals surface area contributed by atoms with Gasteiger partial charge in [0.15, 0.2) is 0 Å². The molecular weight excluding hydrogens is 289 g/mol. The van der Waals surface area contributed by atoms with Gasteiger partial charge in [0.1, 0.15) is 5.75 Å². The summed E-state index contributed by atoms with van der Waals surface area (Å²) in [5.41, 5.74) is 6.51. The Balaban J connectivity index is 2.39. The predicted molar refractivity (Wildman–Crippen MR) is 68.6 cm³/mol. The number of unbranched alkanes of at least 4 members (excludes halogenated alkanes) is 2. The lowest BCUT2D eigenvalue weighted by atomic mass is 10.2. The first-order valence-corrected chi connectivity index (χ1v) is 5.99. The second kappa shape index (κ2) is 6.11. The van der Waals surface area contributed by atoms with Crippen LogP contribution in [0, 0.1) is 3.57 Å². The standard InChI is InChI=1S/C11H16INO/c1-2-3-4-7-14-9-5-6-11(13)10(12)8-9/h5-6,8H,2-4,7,13H2,1H3. The van der Waals surface area contributed by atoms with E-state index in [0.717, 1.165) is 28.0 Å². The summed E-state index contributed by atoms with van der Waals surface area (Å²) in [5.74, 6) is 0.916. The molecule has 2 N–H and O–H groups in total. The van der Waals surface area contributed by atoms with E-state index in [1.165, 1.54) is 12.8 Å². The highest BCUT2D eigenvalue weighted by Gasteiger charge is 1.98. The molecule has 78 valence electrons. The smallest absolute Gasteiger partial charge is 0.120 e. The van der Waals surface area contributed by atoms with Gasteiger partial charge in [-0.25, -0.2) is 0 Å². The van der Waals surface area contributed by atoms with Gasteiger partial charge >= 0.3 is 0 Å². The second-order valence-electron chi connectivity index (χ2n) is 3.24. The molecule has 0 saturated carbocycles. The Kier molecular flexibility index (Phi) is 5.07. The summed E-state index contributed by atoms with van der Waals surface area (Å²) in [6, 6.07) is 5.78. The Morgan fingerprint density at radius 2 is 2.14 bits per heavy atom. The Labute approximate surface area is 99.0 Å². The summed E-state index contributed by atoms with van der Waals surface area (Å²) in [4.78, 5) is 0. The fraction of sp³-hybridized carbons (Fsp3) is 0.455. The van der Waals surface area contributed by atoms with E-state index in [1.54, 1.807) is 0 Å². The monoisotopic (exact) mass is 305 g/mol. The number of hydrogen-bond acceptors (Lipinski definition) is 2. The first kappa shape index (κ1) is 11.6. The molecule has 3 heteroatoms. The van der Waals surface area contributed by atoms with Crippen LogP contribution in [0.4, 0.5) is 5.69 Å². The van der Waals surface area contributed by atoms with E-state index in [0.29, 0.717) is 0 Å². The molecule has 0 atom stereocenters. The number of rotatable bonds is 5. The van der Waals surface area contributed by atoms with Crippen LogP contribution in [0.1, 0.15) is 26.2 Å². The topological polar surface area (TPSA) is 35.2 Å². The summed E-state index contributed by atoms with van der Waals surface area (Å²) < 4.78 is 6.64. The first-order valence-electron chi connectivity index (χ1n) is 4.92. The van der Waals surface area contributed by atoms with Crippen LogP contribution in [0.2, 0.25) is 0 Å². The second-order valence-corrected chi connectivity index (χ2v) is 4.40. The summed E-state index contributed by atoms with van der Waals surface area (Å²) in [6.45, 7) is 2.99. The number of ether oxygens (including phenoxy) is 1. The minimum absolute atomic E-state index is 0.799. The van der Waals surface area contributed by atoms with Crippen LogP contribution >= 0.6 is 22.6 Å². The summed E-state index contributed by atoms with van der Waals surface area (Å²) >= 11 is 2.21. The zero-order valence-electron chi connectivity index (χ0n) is 8.42. The van der Waals surface area contributed by atoms with Crippen LogP contribution in [0.25, 0.3) is 0 Å². The summed E-state index contributed by atoms with van der Waals surface area (Å²) in [5, 5.41) is 0. The summed E-state index contributed by atoms with van der Waals surface area (Å²) in [7, 11) is 0. The Bertz CT molecular complexity index is 289. The number of nitrogen functional groups attached to an aromatic ring is 1. The van der Waals surface area contributed by atoms with Crippen molar-refractivity contribution in [3.05, 3.63) is 21.8 Å². The molecule has 0 bridgehead atoms. The van der Waals surface area contributed by atoms with E-state index in [2.05, 4.69) is 29.5 Å². The van der Waals surface area contributed by atoms with Crippen LogP contribution in [0.15, 0.2) is 18.2 Å². The van der Waals surface area contributed by atoms with Crippen molar-refractivity contribution in [1.82, 2.24) is 0 Å². The van der Waals surface area contributed by atoms with Gasteiger partial charge in [0.05, 0.1) is 6.61 Å². The van der Waals surface area contributed by atoms with Crippen LogP contribution in [-0.2, 0) is 0 Å². The molecule has 0 saturated heterocycles. The fourth-order valence-electron chi connectivity index (χ4n) is 1.14. The Hall–Kier alpha value is -0.450. The maximum Gasteiger partial charge on any atom is 0.120 e. The molecule has 0 radical (unpaired) electrons. The molecule has 1 aromatic carbocycles. The molecule has 0 aromatic heterocycles. The average molecular weight is 305 g/mol. The van der Waals surface area contributed by atoms with E-state index >= 15 is 0 Å². The van der Waals surface area contributed by atoms with Gasteiger partial charge in [0, 0.05) is 9.26 Å². The SMILES string of the molecule is CCCCCOc1ccc(N)c(I)c1. The Morgan fingerprint density at radius 3 is 2.79 bits per heavy atom.